The molecule has 2 unspecified atom stereocenters. The van der Waals surface area contributed by atoms with E-state index in [1.165, 1.54) is 0 Å². The topological polar surface area (TPSA) is 49.7 Å². The highest BCUT2D eigenvalue weighted by atomic mass is 35.5. The zero-order valence-electron chi connectivity index (χ0n) is 5.53. The van der Waals surface area contributed by atoms with Crippen LogP contribution in [0.5, 0.6) is 0 Å². The number of rotatable bonds is 1. The molecule has 4 heteroatoms. The molecule has 1 aliphatic rings. The van der Waals surface area contributed by atoms with Crippen LogP contribution in [0.1, 0.15) is 12.8 Å². The van der Waals surface area contributed by atoms with Crippen LogP contribution in [0.2, 0.25) is 0 Å². The molecule has 1 heterocycles. The van der Waals surface area contributed by atoms with Gasteiger partial charge < -0.3 is 14.9 Å². The van der Waals surface area contributed by atoms with E-state index in [0.29, 0.717) is 18.7 Å². The molecular formula is C6H11ClO3. The van der Waals surface area contributed by atoms with Gasteiger partial charge in [-0.25, -0.2) is 0 Å². The minimum atomic E-state index is -0.840. The van der Waals surface area contributed by atoms with Crippen LogP contribution in [-0.4, -0.2) is 34.6 Å². The van der Waals surface area contributed by atoms with Gasteiger partial charge in [0.25, 0.3) is 0 Å². The van der Waals surface area contributed by atoms with Gasteiger partial charge >= 0.3 is 0 Å². The van der Waals surface area contributed by atoms with E-state index in [4.69, 9.17) is 26.6 Å². The second-order valence-electron chi connectivity index (χ2n) is 2.49. The predicted molar refractivity (Wildman–Crippen MR) is 36.8 cm³/mol. The predicted octanol–water partition coefficient (Wildman–Crippen LogP) is 0.0835. The van der Waals surface area contributed by atoms with E-state index >= 15 is 0 Å². The number of alkyl halides is 1. The summed E-state index contributed by atoms with van der Waals surface area (Å²) < 4.78 is 4.97. The zero-order valence-corrected chi connectivity index (χ0v) is 6.29. The highest BCUT2D eigenvalue weighted by Gasteiger charge is 2.25. The highest BCUT2D eigenvalue weighted by molar-refractivity contribution is 6.18. The van der Waals surface area contributed by atoms with Gasteiger partial charge in [-0.3, -0.25) is 0 Å². The number of hydrogen-bond donors (Lipinski definition) is 2. The van der Waals surface area contributed by atoms with Crippen LogP contribution in [0, 0.1) is 0 Å². The fourth-order valence-corrected chi connectivity index (χ4v) is 1.26. The summed E-state index contributed by atoms with van der Waals surface area (Å²) in [6.07, 6.45) is -0.672. The number of ether oxygens (including phenoxy) is 1. The van der Waals surface area contributed by atoms with E-state index < -0.39 is 12.4 Å². The Labute approximate surface area is 64.6 Å². The summed E-state index contributed by atoms with van der Waals surface area (Å²) in [4.78, 5) is 0. The Kier molecular flexibility index (Phi) is 2.92. The van der Waals surface area contributed by atoms with Crippen LogP contribution in [0.3, 0.4) is 0 Å². The van der Waals surface area contributed by atoms with Gasteiger partial charge in [-0.2, -0.15) is 0 Å². The third-order valence-corrected chi connectivity index (χ3v) is 1.87. The smallest absolute Gasteiger partial charge is 0.157 e. The van der Waals surface area contributed by atoms with Crippen LogP contribution in [0.25, 0.3) is 0 Å². The van der Waals surface area contributed by atoms with Gasteiger partial charge in [0.1, 0.15) is 0 Å². The molecule has 0 aromatic heterocycles. The summed E-state index contributed by atoms with van der Waals surface area (Å²) in [5.74, 6) is 0.328. The molecule has 1 rings (SSSR count). The third kappa shape index (κ3) is 2.09. The van der Waals surface area contributed by atoms with E-state index in [-0.39, 0.29) is 6.10 Å². The second-order valence-corrected chi connectivity index (χ2v) is 2.80. The van der Waals surface area contributed by atoms with Crippen LogP contribution < -0.4 is 0 Å². The Hall–Kier alpha value is 0.170. The maximum absolute atomic E-state index is 9.08. The summed E-state index contributed by atoms with van der Waals surface area (Å²) in [6, 6.07) is 0. The summed E-state index contributed by atoms with van der Waals surface area (Å²) in [7, 11) is 0. The molecule has 0 amide bonds. The first kappa shape index (κ1) is 8.27. The Bertz CT molecular complexity index is 99.2. The Balaban J connectivity index is 2.35. The van der Waals surface area contributed by atoms with Crippen molar-refractivity contribution in [3.05, 3.63) is 0 Å². The molecule has 0 aromatic carbocycles. The van der Waals surface area contributed by atoms with Gasteiger partial charge in [-0.15, -0.1) is 11.6 Å². The Morgan fingerprint density at radius 2 is 2.10 bits per heavy atom. The van der Waals surface area contributed by atoms with Gasteiger partial charge in [-0.05, 0) is 0 Å². The van der Waals surface area contributed by atoms with Crippen LogP contribution >= 0.6 is 11.6 Å². The van der Waals surface area contributed by atoms with E-state index in [0.717, 1.165) is 0 Å². The molecule has 1 aliphatic heterocycles. The minimum Gasteiger partial charge on any atom is -0.393 e. The molecule has 0 aliphatic carbocycles. The van der Waals surface area contributed by atoms with Gasteiger partial charge in [-0.1, -0.05) is 0 Å². The van der Waals surface area contributed by atoms with E-state index in [1.54, 1.807) is 0 Å². The van der Waals surface area contributed by atoms with Crippen molar-refractivity contribution in [3.63, 3.8) is 0 Å². The quantitative estimate of drug-likeness (QED) is 0.543. The molecule has 0 aromatic rings. The van der Waals surface area contributed by atoms with Gasteiger partial charge in [0, 0.05) is 18.7 Å². The molecule has 3 nitrogen and oxygen atoms in total. The lowest BCUT2D eigenvalue weighted by molar-refractivity contribution is -0.182. The molecule has 0 bridgehead atoms. The van der Waals surface area contributed by atoms with E-state index in [1.807, 2.05) is 0 Å². The molecule has 0 saturated carbocycles. The van der Waals surface area contributed by atoms with Crippen molar-refractivity contribution in [2.75, 3.05) is 5.88 Å². The summed E-state index contributed by atoms with van der Waals surface area (Å²) in [5.41, 5.74) is 0. The molecule has 60 valence electrons. The van der Waals surface area contributed by atoms with Crippen molar-refractivity contribution in [1.82, 2.24) is 0 Å². The van der Waals surface area contributed by atoms with Crippen LogP contribution in [-0.2, 0) is 4.74 Å². The number of halogens is 1. The highest BCUT2D eigenvalue weighted by Crippen LogP contribution is 2.18. The minimum absolute atomic E-state index is 0.194. The molecule has 2 N–H and O–H groups in total. The third-order valence-electron chi connectivity index (χ3n) is 1.53. The average molecular weight is 167 g/mol. The number of hydrogen-bond acceptors (Lipinski definition) is 3. The van der Waals surface area contributed by atoms with Gasteiger partial charge in [0.15, 0.2) is 6.29 Å². The van der Waals surface area contributed by atoms with E-state index in [2.05, 4.69) is 0 Å². The summed E-state index contributed by atoms with van der Waals surface area (Å²) in [6.45, 7) is 0. The first-order valence-electron chi connectivity index (χ1n) is 3.30. The lowest BCUT2D eigenvalue weighted by Gasteiger charge is -2.28. The molecule has 1 fully saturated rings. The molecule has 0 radical (unpaired) electrons. The first-order chi connectivity index (χ1) is 4.72. The van der Waals surface area contributed by atoms with Crippen molar-refractivity contribution in [2.45, 2.75) is 31.3 Å². The Morgan fingerprint density at radius 3 is 2.60 bits per heavy atom. The molecule has 3 atom stereocenters. The second kappa shape index (κ2) is 3.53. The van der Waals surface area contributed by atoms with E-state index in [9.17, 15) is 0 Å². The number of aliphatic hydroxyl groups excluding tert-OH is 2. The fraction of sp³-hybridized carbons (Fsp3) is 1.00. The lowest BCUT2D eigenvalue weighted by Crippen LogP contribution is -2.36. The average Bonchev–Trinajstić information content (AvgIpc) is 1.85. The van der Waals surface area contributed by atoms with Crippen molar-refractivity contribution < 1.29 is 14.9 Å². The van der Waals surface area contributed by atoms with Crippen LogP contribution in [0.15, 0.2) is 0 Å². The molecule has 0 spiro atoms. The SMILES string of the molecule is OC1CC(O)O[C@H](CCl)C1. The molecule has 1 saturated heterocycles. The Morgan fingerprint density at radius 1 is 1.40 bits per heavy atom. The standard InChI is InChI=1S/C6H11ClO3/c7-3-5-1-4(8)2-6(9)10-5/h4-6,8-9H,1-3H2/t4?,5-,6?/m0/s1. The summed E-state index contributed by atoms with van der Waals surface area (Å²) >= 11 is 5.46. The largest absolute Gasteiger partial charge is 0.393 e. The van der Waals surface area contributed by atoms with Gasteiger partial charge in [0.05, 0.1) is 12.2 Å². The normalized spacial score (nSPS) is 41.7. The molecule has 10 heavy (non-hydrogen) atoms. The van der Waals surface area contributed by atoms with Crippen molar-refractivity contribution in [3.8, 4) is 0 Å². The van der Waals surface area contributed by atoms with Gasteiger partial charge in [0.2, 0.25) is 0 Å². The summed E-state index contributed by atoms with van der Waals surface area (Å²) in [5, 5.41) is 18.0. The number of aliphatic hydroxyl groups is 2. The van der Waals surface area contributed by atoms with Crippen molar-refractivity contribution in [1.29, 1.82) is 0 Å². The maximum atomic E-state index is 9.08. The monoisotopic (exact) mass is 166 g/mol. The maximum Gasteiger partial charge on any atom is 0.157 e. The van der Waals surface area contributed by atoms with Crippen molar-refractivity contribution >= 4 is 11.6 Å². The first-order valence-corrected chi connectivity index (χ1v) is 3.83. The van der Waals surface area contributed by atoms with Crippen molar-refractivity contribution in [2.24, 2.45) is 0 Å². The fourth-order valence-electron chi connectivity index (χ4n) is 1.07. The zero-order chi connectivity index (χ0) is 7.56. The lowest BCUT2D eigenvalue weighted by atomic mass is 10.1. The van der Waals surface area contributed by atoms with Crippen LogP contribution in [0.4, 0.5) is 0 Å². The molecular weight excluding hydrogens is 156 g/mol.